The fourth-order valence-corrected chi connectivity index (χ4v) is 7.13. The molecule has 33 heavy (non-hydrogen) atoms. The third-order valence-corrected chi connectivity index (χ3v) is 9.22. The Labute approximate surface area is 199 Å². The Bertz CT molecular complexity index is 1000. The number of ether oxygens (including phenoxy) is 1. The molecule has 3 nitrogen and oxygen atoms in total. The van der Waals surface area contributed by atoms with Crippen LogP contribution in [0.25, 0.3) is 0 Å². The highest BCUT2D eigenvalue weighted by Gasteiger charge is 2.54. The van der Waals surface area contributed by atoms with Crippen molar-refractivity contribution in [2.24, 2.45) is 17.3 Å². The molecule has 3 aliphatic carbocycles. The van der Waals surface area contributed by atoms with Crippen LogP contribution >= 0.6 is 0 Å². The Morgan fingerprint density at radius 3 is 2.52 bits per heavy atom. The highest BCUT2D eigenvalue weighted by atomic mass is 16.5. The molecular weight excluding hydrogens is 408 g/mol. The van der Waals surface area contributed by atoms with Gasteiger partial charge < -0.3 is 14.9 Å². The molecule has 3 aliphatic rings. The second-order valence-electron chi connectivity index (χ2n) is 12.1. The van der Waals surface area contributed by atoms with Crippen LogP contribution in [0.5, 0.6) is 11.5 Å². The molecule has 0 unspecified atom stereocenters. The normalized spacial score (nSPS) is 30.9. The van der Waals surface area contributed by atoms with Crippen molar-refractivity contribution in [1.82, 2.24) is 0 Å². The van der Waals surface area contributed by atoms with E-state index in [0.717, 1.165) is 38.5 Å². The lowest BCUT2D eigenvalue weighted by atomic mass is 9.55. The predicted molar refractivity (Wildman–Crippen MR) is 133 cm³/mol. The van der Waals surface area contributed by atoms with Crippen LogP contribution in [0.4, 0.5) is 0 Å². The first kappa shape index (κ1) is 22.8. The average molecular weight is 449 g/mol. The second kappa shape index (κ2) is 8.34. The van der Waals surface area contributed by atoms with E-state index in [-0.39, 0.29) is 22.7 Å². The number of aliphatic hydroxyl groups excluding tert-OH is 1. The molecule has 2 aromatic rings. The van der Waals surface area contributed by atoms with Crippen LogP contribution in [-0.4, -0.2) is 22.9 Å². The molecule has 178 valence electrons. The third kappa shape index (κ3) is 4.07. The number of aryl methyl sites for hydroxylation is 1. The zero-order valence-electron chi connectivity index (χ0n) is 20.7. The van der Waals surface area contributed by atoms with Gasteiger partial charge in [-0.3, -0.25) is 0 Å². The van der Waals surface area contributed by atoms with Gasteiger partial charge in [0, 0.05) is 6.42 Å². The number of fused-ring (bicyclic) bond motifs is 5. The van der Waals surface area contributed by atoms with E-state index in [2.05, 4.69) is 58.0 Å². The summed E-state index contributed by atoms with van der Waals surface area (Å²) in [5, 5.41) is 21.3. The van der Waals surface area contributed by atoms with Gasteiger partial charge in [0.05, 0.1) is 12.7 Å². The van der Waals surface area contributed by atoms with Gasteiger partial charge in [0.1, 0.15) is 0 Å². The maximum absolute atomic E-state index is 10.7. The minimum absolute atomic E-state index is 0.0947. The highest BCUT2D eigenvalue weighted by molar-refractivity contribution is 5.49. The Morgan fingerprint density at radius 2 is 1.79 bits per heavy atom. The van der Waals surface area contributed by atoms with E-state index in [1.54, 1.807) is 0 Å². The molecule has 0 aliphatic heterocycles. The fourth-order valence-electron chi connectivity index (χ4n) is 7.13. The number of aliphatic hydroxyl groups is 1. The molecule has 0 spiro atoms. The van der Waals surface area contributed by atoms with Crippen LogP contribution in [-0.2, 0) is 18.3 Å². The molecule has 0 heterocycles. The van der Waals surface area contributed by atoms with Gasteiger partial charge in [-0.15, -0.1) is 0 Å². The molecule has 2 fully saturated rings. The number of aromatic hydroxyl groups is 1. The molecule has 0 saturated heterocycles. The Morgan fingerprint density at radius 1 is 1.03 bits per heavy atom. The van der Waals surface area contributed by atoms with Crippen LogP contribution < -0.4 is 4.74 Å². The van der Waals surface area contributed by atoms with Gasteiger partial charge in [-0.25, -0.2) is 0 Å². The van der Waals surface area contributed by atoms with Crippen LogP contribution in [0.15, 0.2) is 36.4 Å². The zero-order valence-corrected chi connectivity index (χ0v) is 20.7. The van der Waals surface area contributed by atoms with E-state index in [1.165, 1.54) is 28.7 Å². The van der Waals surface area contributed by atoms with Crippen LogP contribution in [0.3, 0.4) is 0 Å². The van der Waals surface area contributed by atoms with Crippen LogP contribution in [0, 0.1) is 17.3 Å². The predicted octanol–water partition coefficient (Wildman–Crippen LogP) is 6.53. The summed E-state index contributed by atoms with van der Waals surface area (Å²) in [7, 11) is 0. The Kier molecular flexibility index (Phi) is 5.76. The Balaban J connectivity index is 1.29. The van der Waals surface area contributed by atoms with E-state index in [0.29, 0.717) is 30.1 Å². The van der Waals surface area contributed by atoms with E-state index in [9.17, 15) is 10.2 Å². The summed E-state index contributed by atoms with van der Waals surface area (Å²) >= 11 is 0. The van der Waals surface area contributed by atoms with Crippen molar-refractivity contribution in [3.8, 4) is 11.5 Å². The van der Waals surface area contributed by atoms with Crippen molar-refractivity contribution in [3.05, 3.63) is 58.7 Å². The van der Waals surface area contributed by atoms with Gasteiger partial charge in [-0.1, -0.05) is 52.0 Å². The maximum atomic E-state index is 10.7. The number of benzene rings is 2. The summed E-state index contributed by atoms with van der Waals surface area (Å²) in [5.74, 6) is 2.69. The Hall–Kier alpha value is -2.00. The van der Waals surface area contributed by atoms with Gasteiger partial charge in [0.25, 0.3) is 0 Å². The average Bonchev–Trinajstić information content (AvgIpc) is 3.08. The van der Waals surface area contributed by atoms with Gasteiger partial charge in [-0.05, 0) is 101 Å². The topological polar surface area (TPSA) is 49.7 Å². The highest BCUT2D eigenvalue weighted by Crippen LogP contribution is 2.61. The van der Waals surface area contributed by atoms with Crippen LogP contribution in [0.2, 0.25) is 0 Å². The van der Waals surface area contributed by atoms with Gasteiger partial charge in [0.2, 0.25) is 0 Å². The maximum Gasteiger partial charge on any atom is 0.161 e. The molecule has 0 aromatic heterocycles. The quantitative estimate of drug-likeness (QED) is 0.559. The number of rotatable bonds is 4. The van der Waals surface area contributed by atoms with E-state index < -0.39 is 0 Å². The lowest BCUT2D eigenvalue weighted by Gasteiger charge is -2.50. The SMILES string of the molecule is CC(C)(C)c1ccc(CCOc2cc3c(cc2O)CC[C@@H]2[C@@H]3CC[C@]3(C)[C@@H](O)CC[C@@H]23)cc1. The molecule has 5 rings (SSSR count). The minimum Gasteiger partial charge on any atom is -0.504 e. The molecule has 0 amide bonds. The smallest absolute Gasteiger partial charge is 0.161 e. The van der Waals surface area contributed by atoms with Gasteiger partial charge in [0.15, 0.2) is 11.5 Å². The summed E-state index contributed by atoms with van der Waals surface area (Å²) in [5.41, 5.74) is 5.53. The van der Waals surface area contributed by atoms with Crippen molar-refractivity contribution >= 4 is 0 Å². The fraction of sp³-hybridized carbons (Fsp3) is 0.600. The first-order chi connectivity index (χ1) is 15.7. The summed E-state index contributed by atoms with van der Waals surface area (Å²) in [6.45, 7) is 9.57. The van der Waals surface area contributed by atoms with Gasteiger partial charge in [-0.2, -0.15) is 0 Å². The summed E-state index contributed by atoms with van der Waals surface area (Å²) in [4.78, 5) is 0. The monoisotopic (exact) mass is 448 g/mol. The number of phenolic OH excluding ortho intramolecular Hbond substituents is 1. The van der Waals surface area contributed by atoms with Crippen LogP contribution in [0.1, 0.15) is 88.0 Å². The third-order valence-electron chi connectivity index (χ3n) is 9.22. The number of hydrogen-bond donors (Lipinski definition) is 2. The summed E-state index contributed by atoms with van der Waals surface area (Å²) in [6, 6.07) is 12.9. The van der Waals surface area contributed by atoms with Crippen molar-refractivity contribution < 1.29 is 14.9 Å². The van der Waals surface area contributed by atoms with Gasteiger partial charge >= 0.3 is 0 Å². The molecule has 5 atom stereocenters. The standard InChI is InChI=1S/C30H40O3/c1-29(2,3)21-8-5-19(6-9-21)14-16-33-27-18-24-20(17-26(27)31)7-10-23-22(24)13-15-30(4)25(23)11-12-28(30)32/h5-6,8-9,17-18,22-23,25,28,31-32H,7,10-16H2,1-4H3/t22-,23+,25-,28-,30-/m0/s1. The first-order valence-corrected chi connectivity index (χ1v) is 12.9. The van der Waals surface area contributed by atoms with E-state index in [4.69, 9.17) is 4.74 Å². The summed E-state index contributed by atoms with van der Waals surface area (Å²) < 4.78 is 6.12. The van der Waals surface area contributed by atoms with Crippen molar-refractivity contribution in [2.75, 3.05) is 6.61 Å². The molecular formula is C30H40O3. The van der Waals surface area contributed by atoms with E-state index in [1.807, 2.05) is 6.07 Å². The summed E-state index contributed by atoms with van der Waals surface area (Å²) in [6.07, 6.45) is 7.23. The van der Waals surface area contributed by atoms with Crippen molar-refractivity contribution in [3.63, 3.8) is 0 Å². The zero-order chi connectivity index (χ0) is 23.4. The minimum atomic E-state index is -0.138. The van der Waals surface area contributed by atoms with Crippen molar-refractivity contribution in [1.29, 1.82) is 0 Å². The molecule has 0 radical (unpaired) electrons. The molecule has 2 aromatic carbocycles. The number of phenols is 1. The van der Waals surface area contributed by atoms with Crippen molar-refractivity contribution in [2.45, 2.75) is 90.1 Å². The second-order valence-corrected chi connectivity index (χ2v) is 12.1. The lowest BCUT2D eigenvalue weighted by Crippen LogP contribution is -2.43. The molecule has 0 bridgehead atoms. The molecule has 3 heteroatoms. The first-order valence-electron chi connectivity index (χ1n) is 12.9. The largest absolute Gasteiger partial charge is 0.504 e. The molecule has 2 N–H and O–H groups in total. The molecule has 2 saturated carbocycles. The lowest BCUT2D eigenvalue weighted by molar-refractivity contribution is -0.0226. The van der Waals surface area contributed by atoms with E-state index >= 15 is 0 Å². The number of hydrogen-bond acceptors (Lipinski definition) is 3.